The molecular weight excluding hydrogens is 244 g/mol. The van der Waals surface area contributed by atoms with Gasteiger partial charge in [-0.2, -0.15) is 5.10 Å². The molecular formula is C13H16N4O2. The van der Waals surface area contributed by atoms with Crippen LogP contribution in [0.5, 0.6) is 0 Å². The molecule has 0 aliphatic rings. The number of carbonyl (C=O) groups is 1. The predicted octanol–water partition coefficient (Wildman–Crippen LogP) is 1.30. The van der Waals surface area contributed by atoms with Gasteiger partial charge >= 0.3 is 5.97 Å². The van der Waals surface area contributed by atoms with Crippen molar-refractivity contribution in [2.45, 2.75) is 27.2 Å². The molecule has 6 heteroatoms. The van der Waals surface area contributed by atoms with Crippen molar-refractivity contribution < 1.29 is 9.53 Å². The molecule has 0 unspecified atom stereocenters. The molecule has 0 radical (unpaired) electrons. The van der Waals surface area contributed by atoms with E-state index in [1.54, 1.807) is 4.68 Å². The second kappa shape index (κ2) is 5.17. The van der Waals surface area contributed by atoms with E-state index in [1.165, 1.54) is 13.4 Å². The lowest BCUT2D eigenvalue weighted by Crippen LogP contribution is -2.07. The van der Waals surface area contributed by atoms with Gasteiger partial charge in [0.1, 0.15) is 6.33 Å². The molecule has 0 amide bonds. The largest absolute Gasteiger partial charge is 0.469 e. The average Bonchev–Trinajstić information content (AvgIpc) is 2.66. The maximum Gasteiger partial charge on any atom is 0.310 e. The summed E-state index contributed by atoms with van der Waals surface area (Å²) in [5, 5.41) is 4.43. The highest BCUT2D eigenvalue weighted by Gasteiger charge is 2.16. The second-order valence-corrected chi connectivity index (χ2v) is 4.33. The van der Waals surface area contributed by atoms with E-state index in [9.17, 15) is 4.79 Å². The summed E-state index contributed by atoms with van der Waals surface area (Å²) in [6, 6.07) is 1.85. The van der Waals surface area contributed by atoms with Crippen LogP contribution in [0.2, 0.25) is 0 Å². The first kappa shape index (κ1) is 13.2. The van der Waals surface area contributed by atoms with Gasteiger partial charge in [0.25, 0.3) is 0 Å². The van der Waals surface area contributed by atoms with Gasteiger partial charge in [0.2, 0.25) is 0 Å². The lowest BCUT2D eigenvalue weighted by Gasteiger charge is -2.04. The zero-order valence-corrected chi connectivity index (χ0v) is 11.5. The molecule has 2 aromatic heterocycles. The third-order valence-corrected chi connectivity index (χ3v) is 3.00. The van der Waals surface area contributed by atoms with Crippen molar-refractivity contribution in [3.8, 4) is 5.82 Å². The van der Waals surface area contributed by atoms with E-state index in [-0.39, 0.29) is 12.4 Å². The highest BCUT2D eigenvalue weighted by molar-refractivity contribution is 5.73. The van der Waals surface area contributed by atoms with Crippen molar-refractivity contribution >= 4 is 5.97 Å². The number of hydrogen-bond donors (Lipinski definition) is 0. The fourth-order valence-corrected chi connectivity index (χ4v) is 1.93. The molecule has 2 heterocycles. The Bertz CT molecular complexity index is 619. The first-order valence-electron chi connectivity index (χ1n) is 5.94. The summed E-state index contributed by atoms with van der Waals surface area (Å²) in [5.41, 5.74) is 3.44. The molecule has 0 saturated heterocycles. The van der Waals surface area contributed by atoms with E-state index >= 15 is 0 Å². The van der Waals surface area contributed by atoms with Gasteiger partial charge in [-0.25, -0.2) is 14.6 Å². The van der Waals surface area contributed by atoms with Crippen LogP contribution in [0.15, 0.2) is 12.4 Å². The summed E-state index contributed by atoms with van der Waals surface area (Å²) < 4.78 is 6.42. The van der Waals surface area contributed by atoms with Crippen molar-refractivity contribution in [2.24, 2.45) is 0 Å². The Kier molecular flexibility index (Phi) is 3.59. The lowest BCUT2D eigenvalue weighted by atomic mass is 10.1. The Morgan fingerprint density at radius 3 is 2.68 bits per heavy atom. The third kappa shape index (κ3) is 2.62. The van der Waals surface area contributed by atoms with Crippen LogP contribution in [-0.4, -0.2) is 32.8 Å². The number of rotatable bonds is 3. The van der Waals surface area contributed by atoms with Crippen LogP contribution in [0.3, 0.4) is 0 Å². The summed E-state index contributed by atoms with van der Waals surface area (Å²) in [5.74, 6) is 0.425. The zero-order chi connectivity index (χ0) is 14.0. The van der Waals surface area contributed by atoms with Gasteiger partial charge < -0.3 is 4.74 Å². The molecule has 100 valence electrons. The quantitative estimate of drug-likeness (QED) is 0.778. The number of carbonyl (C=O) groups excluding carboxylic acids is 1. The molecule has 0 aromatic carbocycles. The van der Waals surface area contributed by atoms with Crippen molar-refractivity contribution in [3.63, 3.8) is 0 Å². The Morgan fingerprint density at radius 2 is 2.05 bits per heavy atom. The highest BCUT2D eigenvalue weighted by Crippen LogP contribution is 2.17. The van der Waals surface area contributed by atoms with Gasteiger partial charge in [-0.1, -0.05) is 0 Å². The van der Waals surface area contributed by atoms with Crippen LogP contribution in [0.25, 0.3) is 5.82 Å². The van der Waals surface area contributed by atoms with Crippen LogP contribution in [-0.2, 0) is 16.0 Å². The van der Waals surface area contributed by atoms with Crippen molar-refractivity contribution in [2.75, 3.05) is 7.11 Å². The first-order chi connectivity index (χ1) is 9.02. The van der Waals surface area contributed by atoms with Gasteiger partial charge in [-0.15, -0.1) is 0 Å². The molecule has 0 N–H and O–H groups in total. The SMILES string of the molecule is COC(=O)Cc1c(C)nn(-c2cc(C)ncn2)c1C. The minimum atomic E-state index is -0.274. The number of hydrogen-bond acceptors (Lipinski definition) is 5. The van der Waals surface area contributed by atoms with Crippen LogP contribution in [0.1, 0.15) is 22.6 Å². The first-order valence-corrected chi connectivity index (χ1v) is 5.94. The molecule has 0 spiro atoms. The molecule has 19 heavy (non-hydrogen) atoms. The third-order valence-electron chi connectivity index (χ3n) is 3.00. The van der Waals surface area contributed by atoms with Gasteiger partial charge in [0.05, 0.1) is 19.2 Å². The Morgan fingerprint density at radius 1 is 1.32 bits per heavy atom. The minimum absolute atomic E-state index is 0.220. The van der Waals surface area contributed by atoms with Gasteiger partial charge in [0, 0.05) is 23.0 Å². The predicted molar refractivity (Wildman–Crippen MR) is 69.1 cm³/mol. The summed E-state index contributed by atoms with van der Waals surface area (Å²) in [4.78, 5) is 19.7. The summed E-state index contributed by atoms with van der Waals surface area (Å²) >= 11 is 0. The van der Waals surface area contributed by atoms with Gasteiger partial charge in [0.15, 0.2) is 5.82 Å². The zero-order valence-electron chi connectivity index (χ0n) is 11.5. The van der Waals surface area contributed by atoms with Crippen LogP contribution < -0.4 is 0 Å². The van der Waals surface area contributed by atoms with Crippen molar-refractivity contribution in [1.29, 1.82) is 0 Å². The van der Waals surface area contributed by atoms with E-state index in [1.807, 2.05) is 26.8 Å². The summed E-state index contributed by atoms with van der Waals surface area (Å²) in [6.45, 7) is 5.68. The van der Waals surface area contributed by atoms with E-state index in [2.05, 4.69) is 15.1 Å². The van der Waals surface area contributed by atoms with Gasteiger partial charge in [-0.05, 0) is 20.8 Å². The highest BCUT2D eigenvalue weighted by atomic mass is 16.5. The average molecular weight is 260 g/mol. The number of methoxy groups -OCH3 is 1. The number of aryl methyl sites for hydroxylation is 2. The number of aromatic nitrogens is 4. The molecule has 0 aliphatic carbocycles. The molecule has 2 aromatic rings. The van der Waals surface area contributed by atoms with E-state index < -0.39 is 0 Å². The van der Waals surface area contributed by atoms with Crippen molar-refractivity contribution in [3.05, 3.63) is 35.0 Å². The smallest absolute Gasteiger partial charge is 0.310 e. The molecule has 6 nitrogen and oxygen atoms in total. The fourth-order valence-electron chi connectivity index (χ4n) is 1.93. The fraction of sp³-hybridized carbons (Fsp3) is 0.385. The molecule has 2 rings (SSSR count). The van der Waals surface area contributed by atoms with Crippen LogP contribution in [0.4, 0.5) is 0 Å². The molecule has 0 aliphatic heterocycles. The lowest BCUT2D eigenvalue weighted by molar-refractivity contribution is -0.139. The van der Waals surface area contributed by atoms with E-state index in [4.69, 9.17) is 4.74 Å². The maximum atomic E-state index is 11.4. The topological polar surface area (TPSA) is 69.9 Å². The van der Waals surface area contributed by atoms with E-state index in [0.717, 1.165) is 22.6 Å². The monoisotopic (exact) mass is 260 g/mol. The summed E-state index contributed by atoms with van der Waals surface area (Å²) in [7, 11) is 1.38. The normalized spacial score (nSPS) is 10.5. The molecule has 0 bridgehead atoms. The number of esters is 1. The standard InChI is InChI=1S/C13H16N4O2/c1-8-5-12(15-7-14-8)17-10(3)11(9(2)16-17)6-13(18)19-4/h5,7H,6H2,1-4H3. The van der Waals surface area contributed by atoms with Crippen LogP contribution >= 0.6 is 0 Å². The Labute approximate surface area is 111 Å². The van der Waals surface area contributed by atoms with Gasteiger partial charge in [-0.3, -0.25) is 4.79 Å². The number of nitrogens with zero attached hydrogens (tertiary/aromatic N) is 4. The van der Waals surface area contributed by atoms with Crippen LogP contribution in [0, 0.1) is 20.8 Å². The Balaban J connectivity index is 2.44. The van der Waals surface area contributed by atoms with Crippen molar-refractivity contribution in [1.82, 2.24) is 19.7 Å². The maximum absolute atomic E-state index is 11.4. The molecule has 0 atom stereocenters. The van der Waals surface area contributed by atoms with E-state index in [0.29, 0.717) is 5.82 Å². The minimum Gasteiger partial charge on any atom is -0.469 e. The Hall–Kier alpha value is -2.24. The second-order valence-electron chi connectivity index (χ2n) is 4.33. The molecule has 0 saturated carbocycles. The summed E-state index contributed by atoms with van der Waals surface area (Å²) in [6.07, 6.45) is 1.72. The molecule has 0 fully saturated rings. The number of ether oxygens (including phenoxy) is 1.